The first-order valence-electron chi connectivity index (χ1n) is 5.79. The van der Waals surface area contributed by atoms with Crippen LogP contribution in [0.3, 0.4) is 0 Å². The van der Waals surface area contributed by atoms with E-state index in [2.05, 4.69) is 15.3 Å². The van der Waals surface area contributed by atoms with Gasteiger partial charge >= 0.3 is 0 Å². The van der Waals surface area contributed by atoms with E-state index in [0.29, 0.717) is 10.0 Å². The van der Waals surface area contributed by atoms with Gasteiger partial charge < -0.3 is 10.3 Å². The molecule has 6 heteroatoms. The van der Waals surface area contributed by atoms with E-state index in [1.54, 1.807) is 30.6 Å². The summed E-state index contributed by atoms with van der Waals surface area (Å²) in [5.74, 6) is 0.601. The number of benzene rings is 1. The molecule has 0 saturated carbocycles. The molecule has 0 fully saturated rings. The summed E-state index contributed by atoms with van der Waals surface area (Å²) in [5.41, 5.74) is 0.746. The van der Waals surface area contributed by atoms with Gasteiger partial charge in [0.05, 0.1) is 12.5 Å². The van der Waals surface area contributed by atoms with Crippen molar-refractivity contribution < 1.29 is 4.79 Å². The van der Waals surface area contributed by atoms with Gasteiger partial charge in [0.1, 0.15) is 5.82 Å². The number of aromatic nitrogens is 2. The van der Waals surface area contributed by atoms with Gasteiger partial charge in [-0.05, 0) is 24.6 Å². The topological polar surface area (TPSA) is 57.8 Å². The second-order valence-electron chi connectivity index (χ2n) is 4.18. The molecule has 1 aromatic carbocycles. The molecule has 2 rings (SSSR count). The van der Waals surface area contributed by atoms with E-state index >= 15 is 0 Å². The average Bonchev–Trinajstić information content (AvgIpc) is 2.86. The molecule has 1 aromatic heterocycles. The monoisotopic (exact) mass is 297 g/mol. The van der Waals surface area contributed by atoms with Gasteiger partial charge in [-0.2, -0.15) is 0 Å². The number of imidazole rings is 1. The Labute approximate surface area is 121 Å². The highest BCUT2D eigenvalue weighted by atomic mass is 35.5. The first kappa shape index (κ1) is 13.9. The fourth-order valence-corrected chi connectivity index (χ4v) is 2.19. The number of nitrogens with one attached hydrogen (secondary N) is 2. The predicted octanol–water partition coefficient (Wildman–Crippen LogP) is 3.14. The van der Waals surface area contributed by atoms with E-state index in [-0.39, 0.29) is 18.4 Å². The van der Waals surface area contributed by atoms with Crippen LogP contribution in [0.1, 0.15) is 24.4 Å². The molecule has 0 aliphatic carbocycles. The smallest absolute Gasteiger partial charge is 0.225 e. The van der Waals surface area contributed by atoms with Crippen LogP contribution in [-0.4, -0.2) is 15.9 Å². The highest BCUT2D eigenvalue weighted by molar-refractivity contribution is 6.35. The van der Waals surface area contributed by atoms with E-state index < -0.39 is 0 Å². The molecule has 0 saturated heterocycles. The lowest BCUT2D eigenvalue weighted by atomic mass is 10.1. The van der Waals surface area contributed by atoms with Crippen molar-refractivity contribution in [2.45, 2.75) is 19.4 Å². The fraction of sp³-hybridized carbons (Fsp3) is 0.231. The summed E-state index contributed by atoms with van der Waals surface area (Å²) < 4.78 is 0. The van der Waals surface area contributed by atoms with Gasteiger partial charge in [-0.1, -0.05) is 29.3 Å². The zero-order chi connectivity index (χ0) is 13.8. The molecule has 4 nitrogen and oxygen atoms in total. The zero-order valence-corrected chi connectivity index (χ0v) is 11.8. The highest BCUT2D eigenvalue weighted by Crippen LogP contribution is 2.21. The minimum atomic E-state index is -0.173. The largest absolute Gasteiger partial charge is 0.347 e. The Balaban J connectivity index is 1.98. The number of hydrogen-bond donors (Lipinski definition) is 2. The summed E-state index contributed by atoms with van der Waals surface area (Å²) in [4.78, 5) is 19.0. The second kappa shape index (κ2) is 6.08. The summed E-state index contributed by atoms with van der Waals surface area (Å²) in [6, 6.07) is 4.92. The average molecular weight is 298 g/mol. The molecule has 0 spiro atoms. The number of nitrogens with zero attached hydrogens (tertiary/aromatic N) is 1. The van der Waals surface area contributed by atoms with Gasteiger partial charge in [0, 0.05) is 22.4 Å². The van der Waals surface area contributed by atoms with Gasteiger partial charge in [-0.25, -0.2) is 4.98 Å². The molecule has 19 heavy (non-hydrogen) atoms. The van der Waals surface area contributed by atoms with Crippen LogP contribution in [0, 0.1) is 0 Å². The Morgan fingerprint density at radius 3 is 2.89 bits per heavy atom. The van der Waals surface area contributed by atoms with E-state index in [1.165, 1.54) is 0 Å². The summed E-state index contributed by atoms with van der Waals surface area (Å²) in [6.07, 6.45) is 3.57. The van der Waals surface area contributed by atoms with Crippen LogP contribution in [0.15, 0.2) is 30.6 Å². The van der Waals surface area contributed by atoms with Gasteiger partial charge in [-0.3, -0.25) is 4.79 Å². The van der Waals surface area contributed by atoms with E-state index in [4.69, 9.17) is 23.2 Å². The highest BCUT2D eigenvalue weighted by Gasteiger charge is 2.13. The number of halogens is 2. The fourth-order valence-electron chi connectivity index (χ4n) is 1.71. The SMILES string of the molecule is CC(NC(=O)Cc1ccc(Cl)cc1Cl)c1ncc[nH]1. The molecule has 1 heterocycles. The summed E-state index contributed by atoms with van der Waals surface area (Å²) in [6.45, 7) is 1.86. The Bertz CT molecular complexity index is 569. The van der Waals surface area contributed by atoms with Crippen molar-refractivity contribution in [2.24, 2.45) is 0 Å². The van der Waals surface area contributed by atoms with E-state index in [1.807, 2.05) is 6.92 Å². The van der Waals surface area contributed by atoms with Gasteiger partial charge in [0.15, 0.2) is 0 Å². The molecule has 2 N–H and O–H groups in total. The Morgan fingerprint density at radius 1 is 1.47 bits per heavy atom. The normalized spacial score (nSPS) is 12.2. The minimum absolute atomic E-state index is 0.117. The quantitative estimate of drug-likeness (QED) is 0.911. The number of H-pyrrole nitrogens is 1. The summed E-state index contributed by atoms with van der Waals surface area (Å²) >= 11 is 11.8. The standard InChI is InChI=1S/C13H13Cl2N3O/c1-8(13-16-4-5-17-13)18-12(19)6-9-2-3-10(14)7-11(9)15/h2-5,7-8H,6H2,1H3,(H,16,17)(H,18,19). The molecule has 0 bridgehead atoms. The lowest BCUT2D eigenvalue weighted by molar-refractivity contribution is -0.121. The van der Waals surface area contributed by atoms with Crippen molar-refractivity contribution >= 4 is 29.1 Å². The van der Waals surface area contributed by atoms with Gasteiger partial charge in [0.2, 0.25) is 5.91 Å². The zero-order valence-electron chi connectivity index (χ0n) is 10.3. The molecule has 100 valence electrons. The van der Waals surface area contributed by atoms with Crippen LogP contribution in [0.5, 0.6) is 0 Å². The van der Waals surface area contributed by atoms with Crippen LogP contribution >= 0.6 is 23.2 Å². The number of carbonyl (C=O) groups is 1. The first-order chi connectivity index (χ1) is 9.06. The Morgan fingerprint density at radius 2 is 2.26 bits per heavy atom. The number of rotatable bonds is 4. The first-order valence-corrected chi connectivity index (χ1v) is 6.54. The predicted molar refractivity (Wildman–Crippen MR) is 75.3 cm³/mol. The van der Waals surface area contributed by atoms with Crippen molar-refractivity contribution in [3.8, 4) is 0 Å². The third-order valence-corrected chi connectivity index (χ3v) is 3.26. The van der Waals surface area contributed by atoms with Crippen molar-refractivity contribution in [3.63, 3.8) is 0 Å². The van der Waals surface area contributed by atoms with E-state index in [0.717, 1.165) is 11.4 Å². The maximum absolute atomic E-state index is 11.9. The number of aromatic amines is 1. The maximum Gasteiger partial charge on any atom is 0.225 e. The molecule has 0 aliphatic heterocycles. The van der Waals surface area contributed by atoms with Crippen LogP contribution < -0.4 is 5.32 Å². The van der Waals surface area contributed by atoms with Crippen LogP contribution in [0.4, 0.5) is 0 Å². The van der Waals surface area contributed by atoms with E-state index in [9.17, 15) is 4.79 Å². The van der Waals surface area contributed by atoms with Crippen molar-refractivity contribution in [1.82, 2.24) is 15.3 Å². The van der Waals surface area contributed by atoms with Gasteiger partial charge in [-0.15, -0.1) is 0 Å². The third-order valence-electron chi connectivity index (χ3n) is 2.67. The Kier molecular flexibility index (Phi) is 4.45. The van der Waals surface area contributed by atoms with Crippen LogP contribution in [0.25, 0.3) is 0 Å². The molecule has 1 atom stereocenters. The van der Waals surface area contributed by atoms with Crippen LogP contribution in [-0.2, 0) is 11.2 Å². The number of hydrogen-bond acceptors (Lipinski definition) is 2. The molecule has 0 aliphatic rings. The second-order valence-corrected chi connectivity index (χ2v) is 5.02. The maximum atomic E-state index is 11.9. The molecular weight excluding hydrogens is 285 g/mol. The third kappa shape index (κ3) is 3.72. The molecule has 1 unspecified atom stereocenters. The van der Waals surface area contributed by atoms with Gasteiger partial charge in [0.25, 0.3) is 0 Å². The molecule has 2 aromatic rings. The van der Waals surface area contributed by atoms with Crippen molar-refractivity contribution in [3.05, 3.63) is 52.0 Å². The Hall–Kier alpha value is -1.52. The lowest BCUT2D eigenvalue weighted by Gasteiger charge is -2.12. The number of amides is 1. The van der Waals surface area contributed by atoms with Crippen LogP contribution in [0.2, 0.25) is 10.0 Å². The van der Waals surface area contributed by atoms with Crippen molar-refractivity contribution in [1.29, 1.82) is 0 Å². The number of carbonyl (C=O) groups excluding carboxylic acids is 1. The minimum Gasteiger partial charge on any atom is -0.347 e. The van der Waals surface area contributed by atoms with Crippen molar-refractivity contribution in [2.75, 3.05) is 0 Å². The summed E-state index contributed by atoms with van der Waals surface area (Å²) in [7, 11) is 0. The molecule has 1 amide bonds. The molecular formula is C13H13Cl2N3O. The lowest BCUT2D eigenvalue weighted by Crippen LogP contribution is -2.28. The summed E-state index contributed by atoms with van der Waals surface area (Å²) in [5, 5.41) is 3.90. The molecule has 0 radical (unpaired) electrons.